The van der Waals surface area contributed by atoms with Crippen LogP contribution in [0.4, 0.5) is 0 Å². The van der Waals surface area contributed by atoms with Crippen molar-refractivity contribution < 1.29 is 17.9 Å². The fraction of sp³-hybridized carbons (Fsp3) is 0.500. The van der Waals surface area contributed by atoms with Crippen LogP contribution in [0.25, 0.3) is 0 Å². The Balaban J connectivity index is 2.89. The van der Waals surface area contributed by atoms with Gasteiger partial charge in [0, 0.05) is 4.47 Å². The summed E-state index contributed by atoms with van der Waals surface area (Å²) in [6, 6.07) is 3.70. The zero-order chi connectivity index (χ0) is 16.4. The van der Waals surface area contributed by atoms with Gasteiger partial charge in [0.25, 0.3) is 0 Å². The van der Waals surface area contributed by atoms with Crippen LogP contribution in [0, 0.1) is 6.92 Å². The molecule has 0 aliphatic carbocycles. The molecule has 0 fully saturated rings. The Morgan fingerprint density at radius 2 is 1.90 bits per heavy atom. The molecular weight excluding hydrogens is 358 g/mol. The Bertz CT molecular complexity index is 635. The first kappa shape index (κ1) is 18.1. The van der Waals surface area contributed by atoms with E-state index in [4.69, 9.17) is 4.74 Å². The zero-order valence-electron chi connectivity index (χ0n) is 12.7. The normalized spacial score (nSPS) is 13.8. The molecule has 118 valence electrons. The molecule has 0 unspecified atom stereocenters. The van der Waals surface area contributed by atoms with E-state index in [1.165, 1.54) is 19.1 Å². The van der Waals surface area contributed by atoms with Crippen LogP contribution in [-0.2, 0) is 19.6 Å². The highest BCUT2D eigenvalue weighted by molar-refractivity contribution is 9.10. The Morgan fingerprint density at radius 3 is 2.38 bits per heavy atom. The molecule has 0 aliphatic rings. The number of aryl methyl sites for hydroxylation is 1. The third-order valence-electron chi connectivity index (χ3n) is 2.53. The molecule has 0 amide bonds. The van der Waals surface area contributed by atoms with Crippen LogP contribution in [0.15, 0.2) is 27.6 Å². The van der Waals surface area contributed by atoms with Crippen molar-refractivity contribution in [2.24, 2.45) is 0 Å². The van der Waals surface area contributed by atoms with E-state index in [1.807, 2.05) is 0 Å². The van der Waals surface area contributed by atoms with Crippen LogP contribution < -0.4 is 4.72 Å². The number of rotatable bonds is 4. The van der Waals surface area contributed by atoms with Gasteiger partial charge in [-0.2, -0.15) is 4.72 Å². The van der Waals surface area contributed by atoms with Crippen molar-refractivity contribution in [3.63, 3.8) is 0 Å². The van der Waals surface area contributed by atoms with Gasteiger partial charge in [-0.3, -0.25) is 4.79 Å². The topological polar surface area (TPSA) is 72.5 Å². The molecule has 1 atom stereocenters. The molecule has 0 bridgehead atoms. The lowest BCUT2D eigenvalue weighted by Crippen LogP contribution is -2.42. The first-order valence-corrected chi connectivity index (χ1v) is 8.71. The summed E-state index contributed by atoms with van der Waals surface area (Å²) in [5.41, 5.74) is 0.133. The molecular formula is C14H20BrNO4S. The van der Waals surface area contributed by atoms with Crippen molar-refractivity contribution >= 4 is 31.9 Å². The van der Waals surface area contributed by atoms with Crippen molar-refractivity contribution in [1.29, 1.82) is 0 Å². The van der Waals surface area contributed by atoms with Gasteiger partial charge in [0.1, 0.15) is 11.6 Å². The second-order valence-corrected chi connectivity index (χ2v) is 8.36. The highest BCUT2D eigenvalue weighted by Crippen LogP contribution is 2.20. The Morgan fingerprint density at radius 1 is 1.33 bits per heavy atom. The van der Waals surface area contributed by atoms with E-state index in [9.17, 15) is 13.2 Å². The van der Waals surface area contributed by atoms with E-state index in [0.29, 0.717) is 0 Å². The van der Waals surface area contributed by atoms with Gasteiger partial charge in [-0.25, -0.2) is 8.42 Å². The Hall–Kier alpha value is -0.920. The average Bonchev–Trinajstić information content (AvgIpc) is 2.29. The molecule has 0 aliphatic heterocycles. The number of nitrogens with one attached hydrogen (secondary N) is 1. The van der Waals surface area contributed by atoms with Gasteiger partial charge in [0.2, 0.25) is 10.0 Å². The second kappa shape index (κ2) is 6.46. The molecule has 5 nitrogen and oxygen atoms in total. The fourth-order valence-corrected chi connectivity index (χ4v) is 3.05. The van der Waals surface area contributed by atoms with Gasteiger partial charge >= 0.3 is 5.97 Å². The molecule has 21 heavy (non-hydrogen) atoms. The van der Waals surface area contributed by atoms with E-state index in [2.05, 4.69) is 20.7 Å². The first-order chi connectivity index (χ1) is 9.42. The molecule has 0 spiro atoms. The number of carbonyl (C=O) groups excluding carboxylic acids is 1. The average molecular weight is 378 g/mol. The number of esters is 1. The lowest BCUT2D eigenvalue weighted by Gasteiger charge is -2.22. The third-order valence-corrected chi connectivity index (χ3v) is 4.96. The van der Waals surface area contributed by atoms with Crippen LogP contribution in [0.2, 0.25) is 0 Å². The van der Waals surface area contributed by atoms with Gasteiger partial charge < -0.3 is 4.74 Å². The molecule has 1 N–H and O–H groups in total. The predicted octanol–water partition coefficient (Wildman–Crippen LogP) is 2.77. The summed E-state index contributed by atoms with van der Waals surface area (Å²) in [5.74, 6) is -0.611. The molecule has 1 aromatic carbocycles. The smallest absolute Gasteiger partial charge is 0.324 e. The van der Waals surface area contributed by atoms with Gasteiger partial charge in [-0.05, 0) is 58.4 Å². The van der Waals surface area contributed by atoms with Gasteiger partial charge in [-0.1, -0.05) is 15.9 Å². The maximum absolute atomic E-state index is 12.2. The molecule has 0 saturated carbocycles. The van der Waals surface area contributed by atoms with Crippen LogP contribution in [0.5, 0.6) is 0 Å². The summed E-state index contributed by atoms with van der Waals surface area (Å²) >= 11 is 3.31. The SMILES string of the molecule is Cc1cc(S(=O)(=O)N[C@H](C)C(=O)OC(C)(C)C)ccc1Br. The lowest BCUT2D eigenvalue weighted by molar-refractivity contribution is -0.156. The minimum atomic E-state index is -3.77. The Labute approximate surface area is 134 Å². The molecule has 0 heterocycles. The minimum absolute atomic E-state index is 0.110. The van der Waals surface area contributed by atoms with Gasteiger partial charge in [-0.15, -0.1) is 0 Å². The predicted molar refractivity (Wildman–Crippen MR) is 84.5 cm³/mol. The number of carbonyl (C=O) groups is 1. The maximum atomic E-state index is 12.2. The highest BCUT2D eigenvalue weighted by atomic mass is 79.9. The lowest BCUT2D eigenvalue weighted by atomic mass is 10.2. The van der Waals surface area contributed by atoms with Crippen molar-refractivity contribution in [1.82, 2.24) is 4.72 Å². The molecule has 0 aromatic heterocycles. The fourth-order valence-electron chi connectivity index (χ4n) is 1.52. The summed E-state index contributed by atoms with van der Waals surface area (Å²) in [6.45, 7) is 8.43. The van der Waals surface area contributed by atoms with Gasteiger partial charge in [0.15, 0.2) is 0 Å². The van der Waals surface area contributed by atoms with E-state index < -0.39 is 27.6 Å². The Kier molecular flexibility index (Phi) is 5.57. The molecule has 1 rings (SSSR count). The number of hydrogen-bond donors (Lipinski definition) is 1. The minimum Gasteiger partial charge on any atom is -0.459 e. The molecule has 0 radical (unpaired) electrons. The van der Waals surface area contributed by atoms with Crippen LogP contribution >= 0.6 is 15.9 Å². The summed E-state index contributed by atoms with van der Waals surface area (Å²) in [5, 5.41) is 0. The number of hydrogen-bond acceptors (Lipinski definition) is 4. The number of halogens is 1. The standard InChI is InChI=1S/C14H20BrNO4S/c1-9-8-11(6-7-12(9)15)21(18,19)16-10(2)13(17)20-14(3,4)5/h6-8,10,16H,1-5H3/t10-/m1/s1. The van der Waals surface area contributed by atoms with E-state index in [1.54, 1.807) is 33.8 Å². The molecule has 1 aromatic rings. The van der Waals surface area contributed by atoms with Crippen molar-refractivity contribution in [3.05, 3.63) is 28.2 Å². The van der Waals surface area contributed by atoms with E-state index in [0.717, 1.165) is 10.0 Å². The summed E-state index contributed by atoms with van der Waals surface area (Å²) < 4.78 is 32.8. The first-order valence-electron chi connectivity index (χ1n) is 6.44. The van der Waals surface area contributed by atoms with Crippen LogP contribution in [-0.4, -0.2) is 26.0 Å². The van der Waals surface area contributed by atoms with Crippen molar-refractivity contribution in [2.75, 3.05) is 0 Å². The van der Waals surface area contributed by atoms with Crippen molar-refractivity contribution in [3.8, 4) is 0 Å². The van der Waals surface area contributed by atoms with Crippen molar-refractivity contribution in [2.45, 2.75) is 51.2 Å². The quantitative estimate of drug-likeness (QED) is 0.818. The number of ether oxygens (including phenoxy) is 1. The van der Waals surface area contributed by atoms with E-state index >= 15 is 0 Å². The summed E-state index contributed by atoms with van der Waals surface area (Å²) in [7, 11) is -3.77. The summed E-state index contributed by atoms with van der Waals surface area (Å²) in [6.07, 6.45) is 0. The number of benzene rings is 1. The number of sulfonamides is 1. The second-order valence-electron chi connectivity index (χ2n) is 5.79. The maximum Gasteiger partial charge on any atom is 0.324 e. The van der Waals surface area contributed by atoms with Crippen LogP contribution in [0.3, 0.4) is 0 Å². The summed E-state index contributed by atoms with van der Waals surface area (Å²) in [4.78, 5) is 11.9. The molecule has 0 saturated heterocycles. The van der Waals surface area contributed by atoms with Crippen LogP contribution in [0.1, 0.15) is 33.3 Å². The monoisotopic (exact) mass is 377 g/mol. The largest absolute Gasteiger partial charge is 0.459 e. The highest BCUT2D eigenvalue weighted by Gasteiger charge is 2.26. The van der Waals surface area contributed by atoms with Gasteiger partial charge in [0.05, 0.1) is 4.90 Å². The molecule has 7 heteroatoms. The zero-order valence-corrected chi connectivity index (χ0v) is 15.1. The third kappa shape index (κ3) is 5.41. The van der Waals surface area contributed by atoms with E-state index in [-0.39, 0.29) is 4.90 Å².